The van der Waals surface area contributed by atoms with Crippen LogP contribution in [0.1, 0.15) is 29.3 Å². The van der Waals surface area contributed by atoms with Crippen LogP contribution in [-0.4, -0.2) is 24.7 Å². The van der Waals surface area contributed by atoms with E-state index in [0.29, 0.717) is 22.4 Å². The summed E-state index contributed by atoms with van der Waals surface area (Å²) in [5.41, 5.74) is 1.31. The monoisotopic (exact) mass is 364 g/mol. The van der Waals surface area contributed by atoms with Crippen molar-refractivity contribution in [3.63, 3.8) is 0 Å². The molecule has 0 spiro atoms. The van der Waals surface area contributed by atoms with E-state index in [1.165, 1.54) is 36.9 Å². The summed E-state index contributed by atoms with van der Waals surface area (Å²) in [5, 5.41) is 9.06. The van der Waals surface area contributed by atoms with Gasteiger partial charge in [-0.05, 0) is 48.3 Å². The number of benzene rings is 1. The van der Waals surface area contributed by atoms with Crippen molar-refractivity contribution in [3.8, 4) is 0 Å². The van der Waals surface area contributed by atoms with E-state index in [4.69, 9.17) is 12.2 Å². The number of thiocarbonyl (C=S) groups is 1. The Morgan fingerprint density at radius 3 is 2.79 bits per heavy atom. The van der Waals surface area contributed by atoms with Crippen LogP contribution in [0.3, 0.4) is 0 Å². The Kier molecular flexibility index (Phi) is 5.81. The van der Waals surface area contributed by atoms with Gasteiger partial charge in [-0.3, -0.25) is 0 Å². The van der Waals surface area contributed by atoms with Gasteiger partial charge in [0.1, 0.15) is 11.9 Å². The minimum atomic E-state index is -0.222. The fraction of sp³-hybridized carbons (Fsp3) is 0.389. The van der Waals surface area contributed by atoms with Crippen LogP contribution in [0.5, 0.6) is 0 Å². The normalized spacial score (nSPS) is 16.1. The molecule has 0 saturated carbocycles. The lowest BCUT2D eigenvalue weighted by Crippen LogP contribution is -3.11. The third kappa shape index (κ3) is 4.32. The highest BCUT2D eigenvalue weighted by Gasteiger charge is 2.28. The number of hydrogen-bond donors (Lipinski definition) is 3. The first kappa shape index (κ1) is 17.3. The minimum Gasteiger partial charge on any atom is -0.356 e. The largest absolute Gasteiger partial charge is 0.356 e. The fourth-order valence-electron chi connectivity index (χ4n) is 3.15. The van der Waals surface area contributed by atoms with Crippen LogP contribution in [0, 0.1) is 12.7 Å². The van der Waals surface area contributed by atoms with Crippen LogP contribution in [-0.2, 0) is 0 Å². The summed E-state index contributed by atoms with van der Waals surface area (Å²) in [6.45, 7) is 4.97. The number of quaternary nitrogens is 1. The molecule has 1 saturated heterocycles. The van der Waals surface area contributed by atoms with E-state index in [9.17, 15) is 4.39 Å². The number of thiophene rings is 1. The molecular formula is C18H23FN3S2+. The van der Waals surface area contributed by atoms with Crippen molar-refractivity contribution < 1.29 is 9.29 Å². The summed E-state index contributed by atoms with van der Waals surface area (Å²) in [5.74, 6) is -0.222. The first-order valence-electron chi connectivity index (χ1n) is 8.32. The Morgan fingerprint density at radius 1 is 1.33 bits per heavy atom. The lowest BCUT2D eigenvalue weighted by molar-refractivity contribution is -0.918. The molecule has 1 aliphatic heterocycles. The number of likely N-dealkylation sites (tertiary alicyclic amines) is 1. The topological polar surface area (TPSA) is 28.5 Å². The van der Waals surface area contributed by atoms with Gasteiger partial charge in [-0.15, -0.1) is 11.3 Å². The van der Waals surface area contributed by atoms with Crippen molar-refractivity contribution in [2.24, 2.45) is 0 Å². The molecule has 3 rings (SSSR count). The lowest BCUT2D eigenvalue weighted by Gasteiger charge is -2.24. The van der Waals surface area contributed by atoms with Crippen LogP contribution < -0.4 is 15.5 Å². The van der Waals surface area contributed by atoms with Crippen molar-refractivity contribution in [1.82, 2.24) is 5.32 Å². The molecule has 6 heteroatoms. The zero-order chi connectivity index (χ0) is 16.9. The average molecular weight is 365 g/mol. The Hall–Kier alpha value is -1.50. The number of nitrogens with one attached hydrogen (secondary N) is 3. The van der Waals surface area contributed by atoms with Crippen molar-refractivity contribution in [2.45, 2.75) is 25.8 Å². The molecular weight excluding hydrogens is 341 g/mol. The van der Waals surface area contributed by atoms with Crippen LogP contribution in [0.25, 0.3) is 0 Å². The number of aryl methyl sites for hydroxylation is 1. The third-order valence-electron chi connectivity index (χ3n) is 4.52. The van der Waals surface area contributed by atoms with Gasteiger partial charge < -0.3 is 15.5 Å². The molecule has 0 amide bonds. The molecule has 1 aromatic heterocycles. The van der Waals surface area contributed by atoms with Gasteiger partial charge in [0.05, 0.1) is 24.5 Å². The first-order valence-corrected chi connectivity index (χ1v) is 9.61. The van der Waals surface area contributed by atoms with E-state index < -0.39 is 0 Å². The molecule has 3 N–H and O–H groups in total. The van der Waals surface area contributed by atoms with Gasteiger partial charge in [0.15, 0.2) is 5.11 Å². The maximum atomic E-state index is 13.6. The van der Waals surface area contributed by atoms with Gasteiger partial charge in [0, 0.05) is 18.5 Å². The fourth-order valence-corrected chi connectivity index (χ4v) is 4.24. The second kappa shape index (κ2) is 8.05. The standard InChI is InChI=1S/C18H22FN3S2/c1-13-6-7-14(11-15(13)19)21-18(23)20-12-16(17-5-4-10-24-17)22-8-2-3-9-22/h4-7,10-11,16H,2-3,8-9,12H2,1H3,(H2,20,21,23)/p+1/t16-/m1/s1. The molecule has 1 fully saturated rings. The number of rotatable bonds is 5. The molecule has 0 bridgehead atoms. The highest BCUT2D eigenvalue weighted by Crippen LogP contribution is 2.17. The van der Waals surface area contributed by atoms with Crippen LogP contribution in [0.4, 0.5) is 10.1 Å². The van der Waals surface area contributed by atoms with Crippen molar-refractivity contribution in [1.29, 1.82) is 0 Å². The second-order valence-corrected chi connectivity index (χ2v) is 7.62. The van der Waals surface area contributed by atoms with Crippen LogP contribution in [0.15, 0.2) is 35.7 Å². The summed E-state index contributed by atoms with van der Waals surface area (Å²) in [6.07, 6.45) is 2.59. The van der Waals surface area contributed by atoms with E-state index in [-0.39, 0.29) is 5.82 Å². The predicted octanol–water partition coefficient (Wildman–Crippen LogP) is 2.90. The molecule has 1 aromatic carbocycles. The van der Waals surface area contributed by atoms with Gasteiger partial charge in [-0.1, -0.05) is 12.1 Å². The summed E-state index contributed by atoms with van der Waals surface area (Å²) in [4.78, 5) is 3.01. The average Bonchev–Trinajstić information content (AvgIpc) is 3.25. The maximum absolute atomic E-state index is 13.6. The smallest absolute Gasteiger partial charge is 0.171 e. The van der Waals surface area contributed by atoms with E-state index in [2.05, 4.69) is 28.1 Å². The predicted molar refractivity (Wildman–Crippen MR) is 102 cm³/mol. The molecule has 0 radical (unpaired) electrons. The molecule has 24 heavy (non-hydrogen) atoms. The molecule has 1 aliphatic rings. The molecule has 1 atom stereocenters. The highest BCUT2D eigenvalue weighted by atomic mass is 32.1. The first-order chi connectivity index (χ1) is 11.6. The molecule has 0 unspecified atom stereocenters. The molecule has 3 nitrogen and oxygen atoms in total. The Labute approximate surface area is 151 Å². The third-order valence-corrected chi connectivity index (χ3v) is 5.75. The lowest BCUT2D eigenvalue weighted by atomic mass is 10.2. The van der Waals surface area contributed by atoms with E-state index >= 15 is 0 Å². The van der Waals surface area contributed by atoms with Crippen molar-refractivity contribution >= 4 is 34.4 Å². The Bertz CT molecular complexity index is 682. The van der Waals surface area contributed by atoms with E-state index in [1.54, 1.807) is 29.2 Å². The van der Waals surface area contributed by atoms with Crippen molar-refractivity contribution in [2.75, 3.05) is 25.0 Å². The van der Waals surface area contributed by atoms with Crippen LogP contribution in [0.2, 0.25) is 0 Å². The number of anilines is 1. The van der Waals surface area contributed by atoms with Gasteiger partial charge in [-0.2, -0.15) is 0 Å². The highest BCUT2D eigenvalue weighted by molar-refractivity contribution is 7.80. The van der Waals surface area contributed by atoms with Gasteiger partial charge >= 0.3 is 0 Å². The summed E-state index contributed by atoms with van der Waals surface area (Å²) in [7, 11) is 0. The summed E-state index contributed by atoms with van der Waals surface area (Å²) >= 11 is 7.19. The van der Waals surface area contributed by atoms with Gasteiger partial charge in [-0.25, -0.2) is 4.39 Å². The van der Waals surface area contributed by atoms with E-state index in [0.717, 1.165) is 6.54 Å². The van der Waals surface area contributed by atoms with Crippen LogP contribution >= 0.6 is 23.6 Å². The number of hydrogen-bond acceptors (Lipinski definition) is 2. The molecule has 128 valence electrons. The molecule has 0 aliphatic carbocycles. The number of halogens is 1. The Balaban J connectivity index is 1.59. The quantitative estimate of drug-likeness (QED) is 0.713. The summed E-state index contributed by atoms with van der Waals surface area (Å²) < 4.78 is 13.6. The summed E-state index contributed by atoms with van der Waals surface area (Å²) in [6, 6.07) is 9.80. The van der Waals surface area contributed by atoms with Gasteiger partial charge in [0.25, 0.3) is 0 Å². The molecule has 2 aromatic rings. The van der Waals surface area contributed by atoms with Crippen molar-refractivity contribution in [3.05, 3.63) is 52.0 Å². The zero-order valence-electron chi connectivity index (χ0n) is 13.8. The maximum Gasteiger partial charge on any atom is 0.171 e. The minimum absolute atomic E-state index is 0.222. The Morgan fingerprint density at radius 2 is 2.12 bits per heavy atom. The van der Waals surface area contributed by atoms with E-state index in [1.807, 2.05) is 6.07 Å². The zero-order valence-corrected chi connectivity index (χ0v) is 15.4. The van der Waals surface area contributed by atoms with Gasteiger partial charge in [0.2, 0.25) is 0 Å². The second-order valence-electron chi connectivity index (χ2n) is 6.23. The SMILES string of the molecule is Cc1ccc(NC(=S)NC[C@H](c2cccs2)[NH+]2CCCC2)cc1F. The molecule has 2 heterocycles.